The molecule has 9 heteroatoms. The second-order valence-corrected chi connectivity index (χ2v) is 6.54. The zero-order valence-corrected chi connectivity index (χ0v) is 14.1. The van der Waals surface area contributed by atoms with E-state index in [9.17, 15) is 22.8 Å². The fourth-order valence-corrected chi connectivity index (χ4v) is 3.35. The molecule has 0 spiro atoms. The molecule has 1 aromatic rings. The lowest BCUT2D eigenvalue weighted by atomic mass is 10.1. The molecular formula is C16H16ClF3N2O3. The van der Waals surface area contributed by atoms with Gasteiger partial charge in [-0.15, -0.1) is 0 Å². The predicted molar refractivity (Wildman–Crippen MR) is 83.3 cm³/mol. The summed E-state index contributed by atoms with van der Waals surface area (Å²) in [6.45, 7) is 0.655. The maximum Gasteiger partial charge on any atom is 0.416 e. The van der Waals surface area contributed by atoms with Gasteiger partial charge in [0.1, 0.15) is 0 Å². The molecule has 2 saturated heterocycles. The van der Waals surface area contributed by atoms with Gasteiger partial charge in [0.15, 0.2) is 0 Å². The average Bonchev–Trinajstić information content (AvgIpc) is 2.91. The number of hydrogen-bond donors (Lipinski definition) is 0. The lowest BCUT2D eigenvalue weighted by Crippen LogP contribution is -2.43. The second-order valence-electron chi connectivity index (χ2n) is 6.13. The largest absolute Gasteiger partial charge is 0.416 e. The minimum absolute atomic E-state index is 0.0459. The number of alkyl halides is 3. The van der Waals surface area contributed by atoms with E-state index < -0.39 is 17.6 Å². The van der Waals surface area contributed by atoms with E-state index in [4.69, 9.17) is 16.3 Å². The Hall–Kier alpha value is -1.80. The highest BCUT2D eigenvalue weighted by Gasteiger charge is 2.42. The summed E-state index contributed by atoms with van der Waals surface area (Å²) < 4.78 is 44.3. The minimum atomic E-state index is -4.56. The van der Waals surface area contributed by atoms with Gasteiger partial charge in [0.2, 0.25) is 5.91 Å². The molecule has 0 saturated carbocycles. The molecule has 0 aromatic heterocycles. The van der Waals surface area contributed by atoms with Crippen LogP contribution in [0.5, 0.6) is 0 Å². The number of nitrogens with zero attached hydrogens (tertiary/aromatic N) is 2. The third-order valence-electron chi connectivity index (χ3n) is 4.59. The lowest BCUT2D eigenvalue weighted by Gasteiger charge is -2.25. The first-order chi connectivity index (χ1) is 11.7. The maximum atomic E-state index is 12.9. The number of halogens is 4. The molecule has 3 rings (SSSR count). The van der Waals surface area contributed by atoms with E-state index in [-0.39, 0.29) is 54.8 Å². The van der Waals surface area contributed by atoms with Crippen LogP contribution in [0.15, 0.2) is 18.2 Å². The van der Waals surface area contributed by atoms with Crippen molar-refractivity contribution >= 4 is 23.4 Å². The molecular weight excluding hydrogens is 361 g/mol. The van der Waals surface area contributed by atoms with Gasteiger partial charge in [-0.2, -0.15) is 13.2 Å². The van der Waals surface area contributed by atoms with E-state index in [1.54, 1.807) is 11.9 Å². The number of fused-ring (bicyclic) bond motifs is 1. The van der Waals surface area contributed by atoms with Gasteiger partial charge < -0.3 is 14.5 Å². The van der Waals surface area contributed by atoms with E-state index in [0.29, 0.717) is 0 Å². The van der Waals surface area contributed by atoms with Crippen molar-refractivity contribution < 1.29 is 27.5 Å². The van der Waals surface area contributed by atoms with Crippen LogP contribution in [0.1, 0.15) is 22.3 Å². The van der Waals surface area contributed by atoms with E-state index in [2.05, 4.69) is 0 Å². The van der Waals surface area contributed by atoms with Crippen LogP contribution in [0.4, 0.5) is 13.2 Å². The SMILES string of the molecule is CN1C(=O)CCO[C@H]2CN(C(=O)c3cc(C(F)(F)F)ccc3Cl)C[C@@H]21. The Morgan fingerprint density at radius 3 is 2.72 bits per heavy atom. The van der Waals surface area contributed by atoms with E-state index in [0.717, 1.165) is 18.2 Å². The van der Waals surface area contributed by atoms with Gasteiger partial charge in [0.05, 0.1) is 41.3 Å². The van der Waals surface area contributed by atoms with E-state index in [1.165, 1.54) is 4.90 Å². The third-order valence-corrected chi connectivity index (χ3v) is 4.92. The molecule has 1 aromatic carbocycles. The van der Waals surface area contributed by atoms with Gasteiger partial charge in [-0.25, -0.2) is 0 Å². The van der Waals surface area contributed by atoms with Crippen LogP contribution >= 0.6 is 11.6 Å². The number of hydrogen-bond acceptors (Lipinski definition) is 3. The molecule has 0 radical (unpaired) electrons. The monoisotopic (exact) mass is 376 g/mol. The molecule has 2 aliphatic rings. The van der Waals surface area contributed by atoms with Crippen molar-refractivity contribution in [3.63, 3.8) is 0 Å². The molecule has 2 amide bonds. The molecule has 2 aliphatic heterocycles. The number of rotatable bonds is 1. The summed E-state index contributed by atoms with van der Waals surface area (Å²) in [5, 5.41) is -0.0459. The molecule has 0 aliphatic carbocycles. The zero-order valence-electron chi connectivity index (χ0n) is 13.3. The first-order valence-electron chi connectivity index (χ1n) is 7.72. The number of carbonyl (C=O) groups excluding carboxylic acids is 2. The first-order valence-corrected chi connectivity index (χ1v) is 8.09. The molecule has 0 unspecified atom stereocenters. The van der Waals surface area contributed by atoms with Crippen molar-refractivity contribution in [1.82, 2.24) is 9.80 Å². The van der Waals surface area contributed by atoms with Gasteiger partial charge >= 0.3 is 6.18 Å². The van der Waals surface area contributed by atoms with Crippen LogP contribution < -0.4 is 0 Å². The Morgan fingerprint density at radius 1 is 1.32 bits per heavy atom. The number of benzene rings is 1. The van der Waals surface area contributed by atoms with Crippen LogP contribution in [0.3, 0.4) is 0 Å². The van der Waals surface area contributed by atoms with Crippen LogP contribution in [0.25, 0.3) is 0 Å². The van der Waals surface area contributed by atoms with Crippen molar-refractivity contribution in [3.8, 4) is 0 Å². The summed E-state index contributed by atoms with van der Waals surface area (Å²) in [6.07, 6.45) is -4.65. The predicted octanol–water partition coefficient (Wildman–Crippen LogP) is 2.43. The fraction of sp³-hybridized carbons (Fsp3) is 0.500. The number of amides is 2. The van der Waals surface area contributed by atoms with Crippen molar-refractivity contribution in [1.29, 1.82) is 0 Å². The molecule has 25 heavy (non-hydrogen) atoms. The smallest absolute Gasteiger partial charge is 0.374 e. The first kappa shape index (κ1) is 18.0. The van der Waals surface area contributed by atoms with Crippen LogP contribution in [0, 0.1) is 0 Å². The highest BCUT2D eigenvalue weighted by Crippen LogP contribution is 2.33. The summed E-state index contributed by atoms with van der Waals surface area (Å²) in [5.41, 5.74) is -1.14. The normalized spacial score (nSPS) is 24.3. The van der Waals surface area contributed by atoms with Crippen molar-refractivity contribution in [3.05, 3.63) is 34.3 Å². The Labute approximate surface area is 147 Å². The van der Waals surface area contributed by atoms with Crippen LogP contribution in [0.2, 0.25) is 5.02 Å². The quantitative estimate of drug-likeness (QED) is 0.756. The molecule has 2 heterocycles. The van der Waals surface area contributed by atoms with Gasteiger partial charge in [0, 0.05) is 20.1 Å². The molecule has 0 N–H and O–H groups in total. The topological polar surface area (TPSA) is 49.9 Å². The van der Waals surface area contributed by atoms with Gasteiger partial charge in [-0.1, -0.05) is 11.6 Å². The number of likely N-dealkylation sites (N-methyl/N-ethyl adjacent to an activating group) is 1. The van der Waals surface area contributed by atoms with Crippen LogP contribution in [-0.4, -0.2) is 60.5 Å². The Morgan fingerprint density at radius 2 is 2.04 bits per heavy atom. The highest BCUT2D eigenvalue weighted by atomic mass is 35.5. The van der Waals surface area contributed by atoms with E-state index >= 15 is 0 Å². The summed E-state index contributed by atoms with van der Waals surface area (Å²) in [4.78, 5) is 27.5. The summed E-state index contributed by atoms with van der Waals surface area (Å²) >= 11 is 5.94. The molecule has 5 nitrogen and oxygen atoms in total. The number of carbonyl (C=O) groups is 2. The van der Waals surface area contributed by atoms with Crippen molar-refractivity contribution in [2.45, 2.75) is 24.7 Å². The summed E-state index contributed by atoms with van der Waals surface area (Å²) in [7, 11) is 1.64. The Balaban J connectivity index is 1.84. The number of likely N-dealkylation sites (tertiary alicyclic amines) is 1. The highest BCUT2D eigenvalue weighted by molar-refractivity contribution is 6.33. The van der Waals surface area contributed by atoms with E-state index in [1.807, 2.05) is 0 Å². The Kier molecular flexibility index (Phi) is 4.68. The molecule has 0 bridgehead atoms. The second kappa shape index (κ2) is 6.49. The summed E-state index contributed by atoms with van der Waals surface area (Å²) in [5.74, 6) is -0.687. The lowest BCUT2D eigenvalue weighted by molar-refractivity contribution is -0.137. The third kappa shape index (κ3) is 3.46. The van der Waals surface area contributed by atoms with Crippen molar-refractivity contribution in [2.24, 2.45) is 0 Å². The van der Waals surface area contributed by atoms with Gasteiger partial charge in [-0.05, 0) is 18.2 Å². The maximum absolute atomic E-state index is 12.9. The standard InChI is InChI=1S/C16H16ClF3N2O3/c1-21-12-7-22(8-13(12)25-5-4-14(21)23)15(24)10-6-9(16(18,19)20)2-3-11(10)17/h2-3,6,12-13H,4-5,7-8H2,1H3/t12-,13-/m0/s1. The van der Waals surface area contributed by atoms with Gasteiger partial charge in [-0.3, -0.25) is 9.59 Å². The van der Waals surface area contributed by atoms with Crippen LogP contribution in [-0.2, 0) is 15.7 Å². The minimum Gasteiger partial charge on any atom is -0.374 e. The molecule has 2 atom stereocenters. The summed E-state index contributed by atoms with van der Waals surface area (Å²) in [6, 6.07) is 2.35. The molecule has 2 fully saturated rings. The fourth-order valence-electron chi connectivity index (χ4n) is 3.15. The average molecular weight is 377 g/mol. The van der Waals surface area contributed by atoms with Gasteiger partial charge in [0.25, 0.3) is 5.91 Å². The zero-order chi connectivity index (χ0) is 18.4. The Bertz CT molecular complexity index is 710. The molecule has 136 valence electrons. The number of ether oxygens (including phenoxy) is 1. The van der Waals surface area contributed by atoms with Crippen molar-refractivity contribution in [2.75, 3.05) is 26.7 Å².